The molecule has 0 aromatic heterocycles. The standard InChI is InChI=1S/C5H7NO2/c6-5(7)4-1-2-8-3-4/h1-2,4H,3H2,(H2,6,7). The number of carbonyl (C=O) groups is 1. The Morgan fingerprint density at radius 1 is 1.88 bits per heavy atom. The van der Waals surface area contributed by atoms with Gasteiger partial charge in [-0.3, -0.25) is 4.79 Å². The minimum absolute atomic E-state index is 0.199. The summed E-state index contributed by atoms with van der Waals surface area (Å²) >= 11 is 0. The Labute approximate surface area is 47.1 Å². The Morgan fingerprint density at radius 2 is 2.62 bits per heavy atom. The molecule has 3 nitrogen and oxygen atoms in total. The van der Waals surface area contributed by atoms with Gasteiger partial charge in [0.2, 0.25) is 5.91 Å². The van der Waals surface area contributed by atoms with Crippen LogP contribution in [0.1, 0.15) is 0 Å². The third kappa shape index (κ3) is 0.804. The predicted molar refractivity (Wildman–Crippen MR) is 27.8 cm³/mol. The number of amides is 1. The van der Waals surface area contributed by atoms with Gasteiger partial charge in [0.25, 0.3) is 0 Å². The number of carbonyl (C=O) groups excluding carboxylic acids is 1. The second kappa shape index (κ2) is 1.86. The summed E-state index contributed by atoms with van der Waals surface area (Å²) < 4.78 is 4.74. The van der Waals surface area contributed by atoms with Gasteiger partial charge in [0.05, 0.1) is 12.2 Å². The molecule has 0 bridgehead atoms. The maximum absolute atomic E-state index is 10.3. The van der Waals surface area contributed by atoms with Crippen molar-refractivity contribution >= 4 is 5.91 Å². The van der Waals surface area contributed by atoms with Gasteiger partial charge >= 0.3 is 0 Å². The van der Waals surface area contributed by atoms with Crippen LogP contribution in [0.15, 0.2) is 12.3 Å². The lowest BCUT2D eigenvalue weighted by molar-refractivity contribution is -0.120. The monoisotopic (exact) mass is 113 g/mol. The van der Waals surface area contributed by atoms with Crippen LogP contribution in [0.4, 0.5) is 0 Å². The average Bonchev–Trinajstić information content (AvgIpc) is 2.12. The molecule has 1 aliphatic heterocycles. The van der Waals surface area contributed by atoms with Gasteiger partial charge in [-0.05, 0) is 6.08 Å². The number of ether oxygens (including phenoxy) is 1. The van der Waals surface area contributed by atoms with Crippen LogP contribution in [0.3, 0.4) is 0 Å². The van der Waals surface area contributed by atoms with Gasteiger partial charge in [0.15, 0.2) is 0 Å². The van der Waals surface area contributed by atoms with Crippen LogP contribution in [0, 0.1) is 5.92 Å². The Kier molecular flexibility index (Phi) is 1.20. The molecule has 0 aromatic carbocycles. The Balaban J connectivity index is 2.48. The summed E-state index contributed by atoms with van der Waals surface area (Å²) in [5, 5.41) is 0. The minimum atomic E-state index is -0.321. The Morgan fingerprint density at radius 3 is 2.88 bits per heavy atom. The van der Waals surface area contributed by atoms with Crippen LogP contribution >= 0.6 is 0 Å². The van der Waals surface area contributed by atoms with Crippen LogP contribution in [0.25, 0.3) is 0 Å². The zero-order valence-corrected chi connectivity index (χ0v) is 4.33. The third-order valence-electron chi connectivity index (χ3n) is 1.05. The topological polar surface area (TPSA) is 52.3 Å². The Bertz CT molecular complexity index is 130. The molecule has 0 aliphatic carbocycles. The van der Waals surface area contributed by atoms with Gasteiger partial charge in [-0.25, -0.2) is 0 Å². The minimum Gasteiger partial charge on any atom is -0.500 e. The summed E-state index contributed by atoms with van der Waals surface area (Å²) in [6.45, 7) is 0.412. The van der Waals surface area contributed by atoms with Crippen molar-refractivity contribution < 1.29 is 9.53 Å². The summed E-state index contributed by atoms with van der Waals surface area (Å²) in [5.41, 5.74) is 4.93. The van der Waals surface area contributed by atoms with Crippen LogP contribution in [-0.4, -0.2) is 12.5 Å². The van der Waals surface area contributed by atoms with Gasteiger partial charge in [0.1, 0.15) is 6.61 Å². The van der Waals surface area contributed by atoms with Crippen molar-refractivity contribution in [3.05, 3.63) is 12.3 Å². The summed E-state index contributed by atoms with van der Waals surface area (Å²) in [6, 6.07) is 0. The van der Waals surface area contributed by atoms with E-state index in [1.165, 1.54) is 6.26 Å². The molecule has 0 aromatic rings. The van der Waals surface area contributed by atoms with Crippen molar-refractivity contribution in [1.29, 1.82) is 0 Å². The second-order valence-electron chi connectivity index (χ2n) is 1.67. The van der Waals surface area contributed by atoms with E-state index in [0.717, 1.165) is 0 Å². The van der Waals surface area contributed by atoms with E-state index < -0.39 is 0 Å². The number of primary amides is 1. The maximum Gasteiger partial charge on any atom is 0.227 e. The lowest BCUT2D eigenvalue weighted by Gasteiger charge is -1.96. The fourth-order valence-electron chi connectivity index (χ4n) is 0.542. The van der Waals surface area contributed by atoms with Crippen LogP contribution in [0.5, 0.6) is 0 Å². The highest BCUT2D eigenvalue weighted by atomic mass is 16.5. The molecule has 8 heavy (non-hydrogen) atoms. The van der Waals surface area contributed by atoms with Gasteiger partial charge in [0, 0.05) is 0 Å². The quantitative estimate of drug-likeness (QED) is 0.504. The van der Waals surface area contributed by atoms with Gasteiger partial charge < -0.3 is 10.5 Å². The van der Waals surface area contributed by atoms with E-state index >= 15 is 0 Å². The molecule has 1 heterocycles. The molecule has 3 heteroatoms. The van der Waals surface area contributed by atoms with Crippen LogP contribution < -0.4 is 5.73 Å². The van der Waals surface area contributed by atoms with E-state index in [1.807, 2.05) is 0 Å². The largest absolute Gasteiger partial charge is 0.500 e. The third-order valence-corrected chi connectivity index (χ3v) is 1.05. The van der Waals surface area contributed by atoms with E-state index in [1.54, 1.807) is 6.08 Å². The van der Waals surface area contributed by atoms with Crippen molar-refractivity contribution in [2.24, 2.45) is 11.7 Å². The number of hydrogen-bond donors (Lipinski definition) is 1. The second-order valence-corrected chi connectivity index (χ2v) is 1.67. The van der Waals surface area contributed by atoms with Crippen molar-refractivity contribution in [2.75, 3.05) is 6.61 Å². The molecular weight excluding hydrogens is 106 g/mol. The SMILES string of the molecule is NC(=O)C1C=COC1. The van der Waals surface area contributed by atoms with E-state index in [0.29, 0.717) is 6.61 Å². The molecule has 1 rings (SSSR count). The fourth-order valence-corrected chi connectivity index (χ4v) is 0.542. The molecule has 44 valence electrons. The zero-order chi connectivity index (χ0) is 5.98. The fraction of sp³-hybridized carbons (Fsp3) is 0.400. The van der Waals surface area contributed by atoms with Crippen LogP contribution in [0.2, 0.25) is 0 Å². The van der Waals surface area contributed by atoms with E-state index in [-0.39, 0.29) is 11.8 Å². The molecule has 0 saturated heterocycles. The molecule has 1 atom stereocenters. The summed E-state index contributed by atoms with van der Waals surface area (Å²) in [4.78, 5) is 10.3. The molecule has 1 amide bonds. The highest BCUT2D eigenvalue weighted by Crippen LogP contribution is 2.05. The number of hydrogen-bond acceptors (Lipinski definition) is 2. The first kappa shape index (κ1) is 5.15. The normalized spacial score (nSPS) is 25.2. The summed E-state index contributed by atoms with van der Waals surface area (Å²) in [6.07, 6.45) is 3.15. The molecule has 0 spiro atoms. The molecule has 1 unspecified atom stereocenters. The van der Waals surface area contributed by atoms with E-state index in [2.05, 4.69) is 0 Å². The first-order valence-corrected chi connectivity index (χ1v) is 2.38. The van der Waals surface area contributed by atoms with Crippen molar-refractivity contribution in [1.82, 2.24) is 0 Å². The average molecular weight is 113 g/mol. The summed E-state index contributed by atoms with van der Waals surface area (Å²) in [7, 11) is 0. The molecule has 2 N–H and O–H groups in total. The molecule has 1 aliphatic rings. The highest BCUT2D eigenvalue weighted by Gasteiger charge is 2.15. The van der Waals surface area contributed by atoms with Gasteiger partial charge in [-0.1, -0.05) is 0 Å². The molecule has 0 radical (unpaired) electrons. The van der Waals surface area contributed by atoms with E-state index in [9.17, 15) is 4.79 Å². The molecular formula is C5H7NO2. The lowest BCUT2D eigenvalue weighted by Crippen LogP contribution is -2.22. The number of rotatable bonds is 1. The van der Waals surface area contributed by atoms with Gasteiger partial charge in [-0.15, -0.1) is 0 Å². The van der Waals surface area contributed by atoms with Crippen molar-refractivity contribution in [2.45, 2.75) is 0 Å². The first-order chi connectivity index (χ1) is 3.80. The van der Waals surface area contributed by atoms with Gasteiger partial charge in [-0.2, -0.15) is 0 Å². The smallest absolute Gasteiger partial charge is 0.227 e. The molecule has 0 saturated carbocycles. The summed E-state index contributed by atoms with van der Waals surface area (Å²) in [5.74, 6) is -0.520. The Hall–Kier alpha value is -0.990. The zero-order valence-electron chi connectivity index (χ0n) is 4.33. The maximum atomic E-state index is 10.3. The highest BCUT2D eigenvalue weighted by molar-refractivity contribution is 5.78. The molecule has 0 fully saturated rings. The van der Waals surface area contributed by atoms with E-state index in [4.69, 9.17) is 10.5 Å². The number of nitrogens with two attached hydrogens (primary N) is 1. The predicted octanol–water partition coefficient (Wildman–Crippen LogP) is -0.368. The van der Waals surface area contributed by atoms with Crippen molar-refractivity contribution in [3.63, 3.8) is 0 Å². The lowest BCUT2D eigenvalue weighted by atomic mass is 10.2. The van der Waals surface area contributed by atoms with Crippen molar-refractivity contribution in [3.8, 4) is 0 Å². The van der Waals surface area contributed by atoms with Crippen LogP contribution in [-0.2, 0) is 9.53 Å². The first-order valence-electron chi connectivity index (χ1n) is 2.38.